The standard InChI is InChI=1S/C22H27N3O3/c1-22(10-4-3-5-11-22)21(26)23-14-17-13-16-12-15(6-8-19(16)28-17)18-7-9-20(27-2)25-24-18/h6-9,12,17H,3-5,10-11,13-14H2,1-2H3,(H,23,26). The number of carbonyl (C=O) groups is 1. The molecule has 1 aliphatic heterocycles. The molecule has 1 N–H and O–H groups in total. The van der Waals surface area contributed by atoms with Crippen molar-refractivity contribution in [3.8, 4) is 22.9 Å². The Kier molecular flexibility index (Phi) is 5.20. The summed E-state index contributed by atoms with van der Waals surface area (Å²) in [5, 5.41) is 11.4. The van der Waals surface area contributed by atoms with Crippen LogP contribution in [0.4, 0.5) is 0 Å². The van der Waals surface area contributed by atoms with Crippen LogP contribution in [0.5, 0.6) is 11.6 Å². The summed E-state index contributed by atoms with van der Waals surface area (Å²) in [6, 6.07) is 9.75. The summed E-state index contributed by atoms with van der Waals surface area (Å²) in [6.07, 6.45) is 6.25. The van der Waals surface area contributed by atoms with Gasteiger partial charge in [0.25, 0.3) is 0 Å². The van der Waals surface area contributed by atoms with E-state index in [1.807, 2.05) is 18.2 Å². The minimum absolute atomic E-state index is 0.0247. The van der Waals surface area contributed by atoms with Gasteiger partial charge in [-0.3, -0.25) is 4.79 Å². The predicted octanol–water partition coefficient (Wildman–Crippen LogP) is 3.54. The molecule has 2 heterocycles. The lowest BCUT2D eigenvalue weighted by Gasteiger charge is -2.32. The van der Waals surface area contributed by atoms with Gasteiger partial charge in [-0.2, -0.15) is 0 Å². The summed E-state index contributed by atoms with van der Waals surface area (Å²) < 4.78 is 11.1. The number of amides is 1. The lowest BCUT2D eigenvalue weighted by molar-refractivity contribution is -0.132. The maximum atomic E-state index is 12.6. The van der Waals surface area contributed by atoms with Crippen LogP contribution in [0.25, 0.3) is 11.3 Å². The molecule has 0 bridgehead atoms. The Labute approximate surface area is 165 Å². The molecule has 1 fully saturated rings. The number of aromatic nitrogens is 2. The summed E-state index contributed by atoms with van der Waals surface area (Å²) >= 11 is 0. The molecule has 1 aliphatic carbocycles. The molecule has 0 spiro atoms. The third-order valence-electron chi connectivity index (χ3n) is 5.94. The molecule has 0 radical (unpaired) electrons. The van der Waals surface area contributed by atoms with Crippen LogP contribution < -0.4 is 14.8 Å². The van der Waals surface area contributed by atoms with Crippen LogP contribution in [0.2, 0.25) is 0 Å². The quantitative estimate of drug-likeness (QED) is 0.857. The number of rotatable bonds is 5. The summed E-state index contributed by atoms with van der Waals surface area (Å²) in [5.74, 6) is 1.55. The third kappa shape index (κ3) is 3.81. The van der Waals surface area contributed by atoms with Gasteiger partial charge in [-0.15, -0.1) is 10.2 Å². The molecule has 2 aliphatic rings. The minimum atomic E-state index is -0.218. The first-order chi connectivity index (χ1) is 13.6. The number of ether oxygens (including phenoxy) is 2. The fraction of sp³-hybridized carbons (Fsp3) is 0.500. The largest absolute Gasteiger partial charge is 0.488 e. The zero-order valence-corrected chi connectivity index (χ0v) is 16.5. The van der Waals surface area contributed by atoms with Crippen LogP contribution in [0, 0.1) is 5.41 Å². The molecule has 0 saturated heterocycles. The molecule has 1 saturated carbocycles. The van der Waals surface area contributed by atoms with Crippen molar-refractivity contribution in [3.05, 3.63) is 35.9 Å². The first kappa shape index (κ1) is 18.7. The number of hydrogen-bond acceptors (Lipinski definition) is 5. The number of nitrogens with zero attached hydrogens (tertiary/aromatic N) is 2. The highest BCUT2D eigenvalue weighted by atomic mass is 16.5. The molecule has 2 aromatic rings. The molecule has 1 aromatic carbocycles. The number of benzene rings is 1. The third-order valence-corrected chi connectivity index (χ3v) is 5.94. The molecular formula is C22H27N3O3. The Morgan fingerprint density at radius 2 is 2.04 bits per heavy atom. The fourth-order valence-electron chi connectivity index (χ4n) is 4.16. The van der Waals surface area contributed by atoms with E-state index in [0.717, 1.165) is 54.7 Å². The number of carbonyl (C=O) groups excluding carboxylic acids is 1. The smallest absolute Gasteiger partial charge is 0.233 e. The van der Waals surface area contributed by atoms with Crippen LogP contribution in [0.3, 0.4) is 0 Å². The molecule has 28 heavy (non-hydrogen) atoms. The average Bonchev–Trinajstić information content (AvgIpc) is 3.14. The van der Waals surface area contributed by atoms with Gasteiger partial charge in [0, 0.05) is 23.5 Å². The van der Waals surface area contributed by atoms with E-state index in [2.05, 4.69) is 28.5 Å². The molecule has 6 heteroatoms. The van der Waals surface area contributed by atoms with E-state index in [0.29, 0.717) is 12.4 Å². The molecule has 6 nitrogen and oxygen atoms in total. The SMILES string of the molecule is COc1ccc(-c2ccc3c(c2)CC(CNC(=O)C2(C)CCCCC2)O3)nn1. The van der Waals surface area contributed by atoms with E-state index in [-0.39, 0.29) is 17.4 Å². The second kappa shape index (κ2) is 7.78. The first-order valence-corrected chi connectivity index (χ1v) is 10.0. The minimum Gasteiger partial charge on any atom is -0.488 e. The highest BCUT2D eigenvalue weighted by Crippen LogP contribution is 2.36. The van der Waals surface area contributed by atoms with Gasteiger partial charge in [0.05, 0.1) is 19.3 Å². The molecule has 1 atom stereocenters. The van der Waals surface area contributed by atoms with Crippen LogP contribution in [0.15, 0.2) is 30.3 Å². The summed E-state index contributed by atoms with van der Waals surface area (Å²) in [4.78, 5) is 12.6. The van der Waals surface area contributed by atoms with Crippen molar-refractivity contribution < 1.29 is 14.3 Å². The van der Waals surface area contributed by atoms with Gasteiger partial charge in [0.1, 0.15) is 11.9 Å². The number of nitrogens with one attached hydrogen (secondary N) is 1. The Morgan fingerprint density at radius 1 is 1.21 bits per heavy atom. The molecular weight excluding hydrogens is 354 g/mol. The van der Waals surface area contributed by atoms with E-state index in [4.69, 9.17) is 9.47 Å². The van der Waals surface area contributed by atoms with Crippen molar-refractivity contribution in [2.24, 2.45) is 5.41 Å². The van der Waals surface area contributed by atoms with Gasteiger partial charge in [-0.05, 0) is 42.7 Å². The Balaban J connectivity index is 1.37. The Hall–Kier alpha value is -2.63. The monoisotopic (exact) mass is 381 g/mol. The zero-order chi connectivity index (χ0) is 19.6. The van der Waals surface area contributed by atoms with E-state index in [1.165, 1.54) is 6.42 Å². The van der Waals surface area contributed by atoms with Crippen LogP contribution in [-0.2, 0) is 11.2 Å². The van der Waals surface area contributed by atoms with Crippen LogP contribution in [0.1, 0.15) is 44.6 Å². The van der Waals surface area contributed by atoms with Gasteiger partial charge < -0.3 is 14.8 Å². The number of hydrogen-bond donors (Lipinski definition) is 1. The van der Waals surface area contributed by atoms with Gasteiger partial charge >= 0.3 is 0 Å². The Morgan fingerprint density at radius 3 is 2.75 bits per heavy atom. The van der Waals surface area contributed by atoms with Gasteiger partial charge in [-0.1, -0.05) is 26.2 Å². The highest BCUT2D eigenvalue weighted by molar-refractivity contribution is 5.82. The predicted molar refractivity (Wildman–Crippen MR) is 106 cm³/mol. The fourth-order valence-corrected chi connectivity index (χ4v) is 4.16. The molecule has 1 aromatic heterocycles. The maximum Gasteiger partial charge on any atom is 0.233 e. The van der Waals surface area contributed by atoms with Crippen molar-refractivity contribution in [2.75, 3.05) is 13.7 Å². The normalized spacial score (nSPS) is 20.1. The van der Waals surface area contributed by atoms with Crippen LogP contribution >= 0.6 is 0 Å². The lowest BCUT2D eigenvalue weighted by Crippen LogP contribution is -2.44. The Bertz CT molecular complexity index is 845. The maximum absolute atomic E-state index is 12.6. The summed E-state index contributed by atoms with van der Waals surface area (Å²) in [5.41, 5.74) is 2.71. The van der Waals surface area contributed by atoms with Gasteiger partial charge in [-0.25, -0.2) is 0 Å². The second-order valence-electron chi connectivity index (χ2n) is 8.06. The second-order valence-corrected chi connectivity index (χ2v) is 8.06. The van der Waals surface area contributed by atoms with E-state index < -0.39 is 0 Å². The van der Waals surface area contributed by atoms with E-state index in [9.17, 15) is 4.79 Å². The summed E-state index contributed by atoms with van der Waals surface area (Å²) in [6.45, 7) is 2.63. The first-order valence-electron chi connectivity index (χ1n) is 10.0. The highest BCUT2D eigenvalue weighted by Gasteiger charge is 2.35. The lowest BCUT2D eigenvalue weighted by atomic mass is 9.75. The number of fused-ring (bicyclic) bond motifs is 1. The van der Waals surface area contributed by atoms with Gasteiger partial charge in [0.15, 0.2) is 0 Å². The average molecular weight is 381 g/mol. The molecule has 1 unspecified atom stereocenters. The number of methoxy groups -OCH3 is 1. The molecule has 1 amide bonds. The van der Waals surface area contributed by atoms with Crippen molar-refractivity contribution in [2.45, 2.75) is 51.6 Å². The van der Waals surface area contributed by atoms with Crippen LogP contribution in [-0.4, -0.2) is 35.9 Å². The summed E-state index contributed by atoms with van der Waals surface area (Å²) in [7, 11) is 1.57. The van der Waals surface area contributed by atoms with Crippen molar-refractivity contribution in [3.63, 3.8) is 0 Å². The van der Waals surface area contributed by atoms with Crippen molar-refractivity contribution in [1.29, 1.82) is 0 Å². The van der Waals surface area contributed by atoms with Crippen molar-refractivity contribution >= 4 is 5.91 Å². The topological polar surface area (TPSA) is 73.3 Å². The van der Waals surface area contributed by atoms with E-state index >= 15 is 0 Å². The molecule has 4 rings (SSSR count). The van der Waals surface area contributed by atoms with Gasteiger partial charge in [0.2, 0.25) is 11.8 Å². The zero-order valence-electron chi connectivity index (χ0n) is 16.5. The molecule has 148 valence electrons. The van der Waals surface area contributed by atoms with E-state index in [1.54, 1.807) is 13.2 Å². The van der Waals surface area contributed by atoms with Crippen molar-refractivity contribution in [1.82, 2.24) is 15.5 Å².